The monoisotopic (exact) mass is 311 g/mol. The van der Waals surface area contributed by atoms with Crippen LogP contribution in [0.15, 0.2) is 24.3 Å². The Bertz CT molecular complexity index is 598. The van der Waals surface area contributed by atoms with E-state index in [0.717, 1.165) is 25.3 Å². The summed E-state index contributed by atoms with van der Waals surface area (Å²) in [5, 5.41) is 0.527. The molecule has 6 heteroatoms. The summed E-state index contributed by atoms with van der Waals surface area (Å²) < 4.78 is 52.8. The average molecular weight is 312 g/mol. The van der Waals surface area contributed by atoms with Crippen LogP contribution in [0.4, 0.5) is 17.6 Å². The molecule has 0 saturated heterocycles. The van der Waals surface area contributed by atoms with Crippen molar-refractivity contribution in [1.82, 2.24) is 0 Å². The largest absolute Gasteiger partial charge is 0.600 e. The van der Waals surface area contributed by atoms with Gasteiger partial charge in [-0.05, 0) is 25.0 Å². The van der Waals surface area contributed by atoms with Gasteiger partial charge in [-0.1, -0.05) is 6.42 Å². The maximum Gasteiger partial charge on any atom is 0.600 e. The molecule has 0 aliphatic heterocycles. The van der Waals surface area contributed by atoms with Gasteiger partial charge in [0.05, 0.1) is 10.5 Å². The Balaban J connectivity index is 0.00000133. The molecular weight excluding hydrogens is 300 g/mol. The van der Waals surface area contributed by atoms with Crippen molar-refractivity contribution in [3.05, 3.63) is 35.0 Å². The Morgan fingerprint density at radius 2 is 1.79 bits per heavy atom. The lowest BCUT2D eigenvalue weighted by molar-refractivity contribution is -0.0868. The van der Waals surface area contributed by atoms with E-state index in [4.69, 9.17) is 0 Å². The quantitative estimate of drug-likeness (QED) is 0.455. The highest BCUT2D eigenvalue weighted by molar-refractivity contribution is 7.38. The first-order chi connectivity index (χ1) is 8.47. The molecule has 19 heavy (non-hydrogen) atoms. The molecule has 0 nitrogen and oxygen atoms in total. The molecule has 1 heterocycles. The van der Waals surface area contributed by atoms with Gasteiger partial charge in [0.15, 0.2) is 9.58 Å². The van der Waals surface area contributed by atoms with E-state index in [-0.39, 0.29) is 23.0 Å². The number of rotatable bonds is 1. The fourth-order valence-electron chi connectivity index (χ4n) is 2.38. The molecule has 0 bridgehead atoms. The number of thiophene rings is 1. The molecule has 1 saturated carbocycles. The van der Waals surface area contributed by atoms with Crippen molar-refractivity contribution in [2.75, 3.05) is 0 Å². The predicted molar refractivity (Wildman–Crippen MR) is 71.5 cm³/mol. The zero-order chi connectivity index (χ0) is 12.9. The van der Waals surface area contributed by atoms with Crippen LogP contribution in [-0.4, -0.2) is 0 Å². The second-order valence-electron chi connectivity index (χ2n) is 4.61. The van der Waals surface area contributed by atoms with E-state index in [9.17, 15) is 17.6 Å². The van der Waals surface area contributed by atoms with Crippen LogP contribution in [0.5, 0.6) is 0 Å². The van der Waals surface area contributed by atoms with Crippen LogP contribution in [0, 0.1) is 5.82 Å². The minimum Gasteiger partial charge on any atom is -0.207 e. The summed E-state index contributed by atoms with van der Waals surface area (Å²) in [4.78, 5) is 0.453. The van der Waals surface area contributed by atoms with Crippen molar-refractivity contribution in [2.24, 2.45) is 0 Å². The van der Waals surface area contributed by atoms with Crippen molar-refractivity contribution < 1.29 is 17.6 Å². The van der Waals surface area contributed by atoms with Crippen molar-refractivity contribution in [3.8, 4) is 0 Å². The first kappa shape index (κ1) is 14.6. The Labute approximate surface area is 116 Å². The SMILES string of the molecule is Cl.Fc1ccc2cc(C3CCC3)[s+](C(F)(F)F)c2c1. The van der Waals surface area contributed by atoms with Crippen molar-refractivity contribution >= 4 is 33.0 Å². The molecule has 0 amide bonds. The highest BCUT2D eigenvalue weighted by Crippen LogP contribution is 2.56. The van der Waals surface area contributed by atoms with E-state index >= 15 is 0 Å². The highest BCUT2D eigenvalue weighted by Gasteiger charge is 2.50. The number of benzene rings is 1. The van der Waals surface area contributed by atoms with E-state index in [1.165, 1.54) is 12.1 Å². The maximum absolute atomic E-state index is 13.2. The second kappa shape index (κ2) is 4.94. The zero-order valence-electron chi connectivity index (χ0n) is 9.84. The van der Waals surface area contributed by atoms with E-state index < -0.39 is 21.8 Å². The third-order valence-corrected chi connectivity index (χ3v) is 5.65. The minimum atomic E-state index is -4.31. The molecule has 1 fully saturated rings. The van der Waals surface area contributed by atoms with Gasteiger partial charge >= 0.3 is 5.51 Å². The lowest BCUT2D eigenvalue weighted by Gasteiger charge is -2.21. The Kier molecular flexibility index (Phi) is 3.80. The van der Waals surface area contributed by atoms with Crippen LogP contribution in [0.3, 0.4) is 0 Å². The number of halogens is 5. The fraction of sp³-hybridized carbons (Fsp3) is 0.385. The smallest absolute Gasteiger partial charge is 0.207 e. The summed E-state index contributed by atoms with van der Waals surface area (Å²) >= 11 is 0. The summed E-state index contributed by atoms with van der Waals surface area (Å²) in [6.45, 7) is 0. The van der Waals surface area contributed by atoms with Gasteiger partial charge in [0.1, 0.15) is 5.82 Å². The number of hydrogen-bond donors (Lipinski definition) is 0. The first-order valence-electron chi connectivity index (χ1n) is 5.79. The maximum atomic E-state index is 13.2. The standard InChI is InChI=1S/C13H11F4S.ClH/c14-10-5-4-9-6-11(8-2-1-3-8)18(12(9)7-10)13(15,16)17;/h4-8H,1-3H2;1H/q+1;. The Hall–Kier alpha value is -0.810. The average Bonchev–Trinajstić information content (AvgIpc) is 2.51. The molecule has 2 aromatic rings. The summed E-state index contributed by atoms with van der Waals surface area (Å²) in [6, 6.07) is 5.32. The molecule has 1 aliphatic carbocycles. The third kappa shape index (κ3) is 2.46. The van der Waals surface area contributed by atoms with E-state index in [0.29, 0.717) is 10.3 Å². The van der Waals surface area contributed by atoms with E-state index in [1.807, 2.05) is 0 Å². The van der Waals surface area contributed by atoms with Gasteiger partial charge in [-0.3, -0.25) is 0 Å². The van der Waals surface area contributed by atoms with Crippen LogP contribution < -0.4 is 0 Å². The third-order valence-electron chi connectivity index (χ3n) is 3.47. The molecule has 1 aromatic carbocycles. The molecule has 0 spiro atoms. The van der Waals surface area contributed by atoms with Crippen LogP contribution in [0.2, 0.25) is 0 Å². The van der Waals surface area contributed by atoms with Gasteiger partial charge in [0.2, 0.25) is 0 Å². The van der Waals surface area contributed by atoms with E-state index in [2.05, 4.69) is 0 Å². The molecule has 1 unspecified atom stereocenters. The zero-order valence-corrected chi connectivity index (χ0v) is 11.5. The molecule has 1 atom stereocenters. The second-order valence-corrected chi connectivity index (χ2v) is 6.60. The topological polar surface area (TPSA) is 0 Å². The van der Waals surface area contributed by atoms with Crippen LogP contribution in [0.1, 0.15) is 30.1 Å². The minimum absolute atomic E-state index is 0. The normalized spacial score (nSPS) is 17.2. The summed E-state index contributed by atoms with van der Waals surface area (Å²) in [5.41, 5.74) is -4.31. The Morgan fingerprint density at radius 1 is 1.11 bits per heavy atom. The van der Waals surface area contributed by atoms with E-state index in [1.54, 1.807) is 6.07 Å². The first-order valence-corrected chi connectivity index (χ1v) is 7.01. The predicted octanol–water partition coefficient (Wildman–Crippen LogP) is 5.89. The highest BCUT2D eigenvalue weighted by atomic mass is 35.5. The molecular formula is C13H12ClF4S+. The molecule has 0 radical (unpaired) electrons. The van der Waals surface area contributed by atoms with Crippen molar-refractivity contribution in [3.63, 3.8) is 0 Å². The number of alkyl halides is 3. The molecule has 3 rings (SSSR count). The Morgan fingerprint density at radius 3 is 2.32 bits per heavy atom. The summed E-state index contributed by atoms with van der Waals surface area (Å²) in [6.07, 6.45) is 2.63. The van der Waals surface area contributed by atoms with Gasteiger partial charge < -0.3 is 0 Å². The van der Waals surface area contributed by atoms with Gasteiger partial charge in [0.25, 0.3) is 0 Å². The molecule has 0 N–H and O–H groups in total. The van der Waals surface area contributed by atoms with Crippen molar-refractivity contribution in [2.45, 2.75) is 30.7 Å². The molecule has 1 aliphatic rings. The van der Waals surface area contributed by atoms with Gasteiger partial charge in [0, 0.05) is 23.4 Å². The van der Waals surface area contributed by atoms with Crippen LogP contribution in [-0.2, 0) is 5.51 Å². The summed E-state index contributed by atoms with van der Waals surface area (Å²) in [7, 11) is -1.93. The number of hydrogen-bond acceptors (Lipinski definition) is 0. The summed E-state index contributed by atoms with van der Waals surface area (Å²) in [5.74, 6) is -0.566. The van der Waals surface area contributed by atoms with Gasteiger partial charge in [-0.25, -0.2) is 4.39 Å². The number of fused-ring (bicyclic) bond motifs is 1. The van der Waals surface area contributed by atoms with Crippen molar-refractivity contribution in [1.29, 1.82) is 0 Å². The lowest BCUT2D eigenvalue weighted by atomic mass is 9.84. The fourth-order valence-corrected chi connectivity index (χ4v) is 4.56. The van der Waals surface area contributed by atoms with Crippen LogP contribution in [0.25, 0.3) is 10.1 Å². The van der Waals surface area contributed by atoms with Gasteiger partial charge in [-0.2, -0.15) is 0 Å². The molecule has 104 valence electrons. The lowest BCUT2D eigenvalue weighted by Crippen LogP contribution is -2.10. The van der Waals surface area contributed by atoms with Gasteiger partial charge in [-0.15, -0.1) is 25.6 Å². The van der Waals surface area contributed by atoms with Crippen LogP contribution >= 0.6 is 22.9 Å². The molecule has 1 aromatic heterocycles.